The number of amides is 2. The number of benzene rings is 2. The molecule has 7 heteroatoms. The number of hydrogen-bond donors (Lipinski definition) is 1. The van der Waals surface area contributed by atoms with Crippen molar-refractivity contribution in [3.8, 4) is 0 Å². The molecule has 30 heavy (non-hydrogen) atoms. The van der Waals surface area contributed by atoms with Crippen LogP contribution in [0.1, 0.15) is 49.8 Å². The third-order valence-corrected chi connectivity index (χ3v) is 5.80. The number of hydrazone groups is 1. The van der Waals surface area contributed by atoms with Gasteiger partial charge in [0.2, 0.25) is 11.8 Å². The lowest BCUT2D eigenvalue weighted by Gasteiger charge is -2.43. The van der Waals surface area contributed by atoms with Crippen LogP contribution in [0.4, 0.5) is 8.78 Å². The maximum atomic E-state index is 14.6. The van der Waals surface area contributed by atoms with Crippen LogP contribution in [0, 0.1) is 24.5 Å². The highest BCUT2D eigenvalue weighted by Gasteiger charge is 2.52. The van der Waals surface area contributed by atoms with E-state index in [2.05, 4.69) is 5.10 Å². The van der Waals surface area contributed by atoms with E-state index in [9.17, 15) is 18.4 Å². The van der Waals surface area contributed by atoms with Gasteiger partial charge >= 0.3 is 0 Å². The molecule has 0 fully saturated rings. The van der Waals surface area contributed by atoms with E-state index in [4.69, 9.17) is 5.73 Å². The van der Waals surface area contributed by atoms with Gasteiger partial charge in [0.05, 0.1) is 5.71 Å². The van der Waals surface area contributed by atoms with E-state index in [1.807, 2.05) is 38.1 Å². The molecular formula is C23H25F2N3O2. The summed E-state index contributed by atoms with van der Waals surface area (Å²) in [7, 11) is 0. The Morgan fingerprint density at radius 1 is 1.23 bits per heavy atom. The molecule has 0 aliphatic carbocycles. The van der Waals surface area contributed by atoms with E-state index in [0.717, 1.165) is 29.3 Å². The minimum absolute atomic E-state index is 0.00522. The highest BCUT2D eigenvalue weighted by atomic mass is 19.1. The van der Waals surface area contributed by atoms with Crippen molar-refractivity contribution in [2.24, 2.45) is 16.8 Å². The van der Waals surface area contributed by atoms with Gasteiger partial charge in [-0.15, -0.1) is 0 Å². The molecule has 0 spiro atoms. The standard InChI is InChI=1S/C23H25F2N3O2/c1-4-16(11-22(26)30)23(19-8-6-5-7-14(19)2)13-21(27-28(23)15(3)29)18-12-17(24)9-10-20(18)25/h5-10,12,16H,4,11,13H2,1-3H3,(H2,26,30). The molecule has 1 heterocycles. The van der Waals surface area contributed by atoms with Crippen molar-refractivity contribution in [2.45, 2.75) is 45.6 Å². The van der Waals surface area contributed by atoms with Crippen LogP contribution in [0.3, 0.4) is 0 Å². The molecule has 0 bridgehead atoms. The Balaban J connectivity index is 2.26. The van der Waals surface area contributed by atoms with Crippen molar-refractivity contribution < 1.29 is 18.4 Å². The molecule has 2 N–H and O–H groups in total. The van der Waals surface area contributed by atoms with Crippen molar-refractivity contribution in [1.29, 1.82) is 0 Å². The number of nitrogens with two attached hydrogens (primary N) is 1. The molecule has 0 saturated heterocycles. The van der Waals surface area contributed by atoms with Gasteiger partial charge in [-0.3, -0.25) is 9.59 Å². The number of primary amides is 1. The highest BCUT2D eigenvalue weighted by Crippen LogP contribution is 2.48. The maximum Gasteiger partial charge on any atom is 0.240 e. The first-order valence-electron chi connectivity index (χ1n) is 9.88. The van der Waals surface area contributed by atoms with Gasteiger partial charge in [-0.25, -0.2) is 13.8 Å². The molecule has 0 aromatic heterocycles. The number of carbonyl (C=O) groups is 2. The first kappa shape index (κ1) is 21.6. The monoisotopic (exact) mass is 413 g/mol. The smallest absolute Gasteiger partial charge is 0.240 e. The Morgan fingerprint density at radius 2 is 1.93 bits per heavy atom. The zero-order valence-corrected chi connectivity index (χ0v) is 17.3. The van der Waals surface area contributed by atoms with Crippen molar-refractivity contribution in [1.82, 2.24) is 5.01 Å². The van der Waals surface area contributed by atoms with Gasteiger partial charge in [0.1, 0.15) is 17.2 Å². The fourth-order valence-corrected chi connectivity index (χ4v) is 4.49. The molecule has 3 rings (SSSR count). The minimum Gasteiger partial charge on any atom is -0.370 e. The summed E-state index contributed by atoms with van der Waals surface area (Å²) >= 11 is 0. The Kier molecular flexibility index (Phi) is 6.01. The maximum absolute atomic E-state index is 14.6. The van der Waals surface area contributed by atoms with Gasteiger partial charge in [0, 0.05) is 25.3 Å². The second-order valence-corrected chi connectivity index (χ2v) is 7.69. The first-order valence-corrected chi connectivity index (χ1v) is 9.88. The van der Waals surface area contributed by atoms with Crippen LogP contribution >= 0.6 is 0 Å². The second-order valence-electron chi connectivity index (χ2n) is 7.69. The average Bonchev–Trinajstić information content (AvgIpc) is 3.09. The fourth-order valence-electron chi connectivity index (χ4n) is 4.49. The van der Waals surface area contributed by atoms with Crippen molar-refractivity contribution >= 4 is 17.5 Å². The minimum atomic E-state index is -1.03. The zero-order chi connectivity index (χ0) is 22.1. The van der Waals surface area contributed by atoms with E-state index < -0.39 is 23.1 Å². The van der Waals surface area contributed by atoms with Crippen LogP contribution < -0.4 is 5.73 Å². The zero-order valence-electron chi connectivity index (χ0n) is 17.3. The summed E-state index contributed by atoms with van der Waals surface area (Å²) in [6, 6.07) is 10.7. The molecular weight excluding hydrogens is 388 g/mol. The topological polar surface area (TPSA) is 75.8 Å². The number of rotatable bonds is 6. The summed E-state index contributed by atoms with van der Waals surface area (Å²) in [6.45, 7) is 5.19. The lowest BCUT2D eigenvalue weighted by molar-refractivity contribution is -0.138. The van der Waals surface area contributed by atoms with E-state index in [0.29, 0.717) is 6.42 Å². The third-order valence-electron chi connectivity index (χ3n) is 5.80. The molecule has 2 unspecified atom stereocenters. The second kappa shape index (κ2) is 8.34. The molecule has 1 aliphatic heterocycles. The summed E-state index contributed by atoms with van der Waals surface area (Å²) in [4.78, 5) is 24.6. The van der Waals surface area contributed by atoms with Crippen molar-refractivity contribution in [2.75, 3.05) is 0 Å². The summed E-state index contributed by atoms with van der Waals surface area (Å²) in [5.74, 6) is -2.43. The Bertz CT molecular complexity index is 1020. The molecule has 2 aromatic carbocycles. The van der Waals surface area contributed by atoms with Crippen LogP contribution in [0.25, 0.3) is 0 Å². The van der Waals surface area contributed by atoms with Gasteiger partial charge < -0.3 is 5.73 Å². The van der Waals surface area contributed by atoms with Crippen molar-refractivity contribution in [3.05, 3.63) is 70.8 Å². The van der Waals surface area contributed by atoms with E-state index in [-0.39, 0.29) is 35.9 Å². The van der Waals surface area contributed by atoms with Crippen LogP contribution in [0.15, 0.2) is 47.6 Å². The number of carbonyl (C=O) groups excluding carboxylic acids is 2. The van der Waals surface area contributed by atoms with E-state index >= 15 is 0 Å². The predicted octanol–water partition coefficient (Wildman–Crippen LogP) is 4.03. The van der Waals surface area contributed by atoms with Crippen LogP contribution in [-0.4, -0.2) is 22.5 Å². The third kappa shape index (κ3) is 3.72. The lowest BCUT2D eigenvalue weighted by atomic mass is 9.70. The molecule has 5 nitrogen and oxygen atoms in total. The first-order chi connectivity index (χ1) is 14.2. The fraction of sp³-hybridized carbons (Fsp3) is 0.348. The summed E-state index contributed by atoms with van der Waals surface area (Å²) in [5.41, 5.74) is 6.48. The Hall–Kier alpha value is -3.09. The van der Waals surface area contributed by atoms with E-state index in [1.54, 1.807) is 0 Å². The molecule has 2 atom stereocenters. The van der Waals surface area contributed by atoms with Gasteiger partial charge in [0.25, 0.3) is 0 Å². The number of hydrogen-bond acceptors (Lipinski definition) is 3. The lowest BCUT2D eigenvalue weighted by Crippen LogP contribution is -2.49. The van der Waals surface area contributed by atoms with Crippen LogP contribution in [-0.2, 0) is 15.1 Å². The highest BCUT2D eigenvalue weighted by molar-refractivity contribution is 6.04. The van der Waals surface area contributed by atoms with Gasteiger partial charge in [0.15, 0.2) is 0 Å². The number of halogens is 2. The normalized spacial score (nSPS) is 19.5. The van der Waals surface area contributed by atoms with Gasteiger partial charge in [-0.2, -0.15) is 5.10 Å². The largest absolute Gasteiger partial charge is 0.370 e. The number of nitrogens with zero attached hydrogens (tertiary/aromatic N) is 2. The summed E-state index contributed by atoms with van der Waals surface area (Å²) in [6.07, 6.45) is 0.710. The summed E-state index contributed by atoms with van der Waals surface area (Å²) in [5, 5.41) is 5.77. The molecule has 2 aromatic rings. The predicted molar refractivity (Wildman–Crippen MR) is 110 cm³/mol. The number of aryl methyl sites for hydroxylation is 1. The molecule has 158 valence electrons. The molecule has 0 saturated carbocycles. The Morgan fingerprint density at radius 3 is 2.53 bits per heavy atom. The molecule has 2 amide bonds. The average molecular weight is 413 g/mol. The van der Waals surface area contributed by atoms with Gasteiger partial charge in [-0.1, -0.05) is 37.6 Å². The van der Waals surface area contributed by atoms with E-state index in [1.165, 1.54) is 11.9 Å². The van der Waals surface area contributed by atoms with Crippen molar-refractivity contribution in [3.63, 3.8) is 0 Å². The van der Waals surface area contributed by atoms with Crippen LogP contribution in [0.2, 0.25) is 0 Å². The SMILES string of the molecule is CCC(CC(N)=O)C1(c2ccccc2C)CC(c2cc(F)ccc2F)=NN1C(C)=O. The van der Waals surface area contributed by atoms with Gasteiger partial charge in [-0.05, 0) is 42.2 Å². The van der Waals surface area contributed by atoms with Crippen LogP contribution in [0.5, 0.6) is 0 Å². The molecule has 1 aliphatic rings. The summed E-state index contributed by atoms with van der Waals surface area (Å²) < 4.78 is 28.4. The quantitative estimate of drug-likeness (QED) is 0.776. The molecule has 0 radical (unpaired) electrons. The Labute approximate surface area is 174 Å².